The molecule has 5 aliphatic heterocycles. The van der Waals surface area contributed by atoms with Crippen molar-refractivity contribution in [2.24, 2.45) is 41.4 Å². The van der Waals surface area contributed by atoms with Crippen molar-refractivity contribution in [2.45, 2.75) is 417 Å². The molecule has 3 unspecified atom stereocenters. The number of hydrogen-bond acceptors (Lipinski definition) is 25. The fourth-order valence-electron chi connectivity index (χ4n) is 18.4. The topological polar surface area (TPSA) is 358 Å². The summed E-state index contributed by atoms with van der Waals surface area (Å²) in [5, 5.41) is 106. The van der Waals surface area contributed by atoms with E-state index in [0.29, 0.717) is 38.8 Å². The van der Waals surface area contributed by atoms with Crippen molar-refractivity contribution in [1.29, 1.82) is 0 Å². The van der Waals surface area contributed by atoms with Gasteiger partial charge in [-0.05, 0) is 161 Å². The highest BCUT2D eigenvalue weighted by atomic mass is 16.7. The number of hydroxylamine groups is 1. The molecule has 0 aromatic rings. The zero-order valence-electron chi connectivity index (χ0n) is 73.3. The first-order valence-corrected chi connectivity index (χ1v) is 42.3. The minimum absolute atomic E-state index is 0.0321. The van der Waals surface area contributed by atoms with Crippen LogP contribution in [0.2, 0.25) is 0 Å². The van der Waals surface area contributed by atoms with Gasteiger partial charge in [0.15, 0.2) is 18.9 Å². The molecule has 111 heavy (non-hydrogen) atoms. The second-order valence-electron chi connectivity index (χ2n) is 36.3. The lowest BCUT2D eigenvalue weighted by molar-refractivity contribution is -0.317. The maximum absolute atomic E-state index is 14.4. The van der Waals surface area contributed by atoms with E-state index in [2.05, 4.69) is 12.4 Å². The standard InChI is InChI=1S/C51H96N2O13.C33H63N3O9/c1-15-17-18-19-20-21-22-23-24-25-26-27-40(54)53(13)38-28-33(4)62-48(42(38)55)66-46-34(5)43(65-41-30-50(10,61-14)45(57)37(8)63-41)35(6)47(58)64-39(16-2)51(11,60)44(56)36(7)52(12)31-32(3)29-49(46,9)59;1-13-24-15-26(38)20(4)28(45-34-23(7)37)21(5)30(44-31-27(39)25(35(10)11)14-19(3)43-31)32(8,41)16-18(2)17-36(12)22(6)29(40)33(24,9)42/h32-39,41-46,48,55-57,59-60H,15-31H2,1-14H3;18-22,24-25,27-31,39-42H,13-17H2,1-12H3,(H,34,37)/t32-,33-,34+,35-,36-,37+,38+,39-,41+,42-,43+,44-,45+,46-,48+,49-,50-,51-;18-,19?,20+,21+,22-,24+,25?,27?,28-,29-,30-,31+,32-,33-/m11/s1. The van der Waals surface area contributed by atoms with Crippen LogP contribution in [0.4, 0.5) is 0 Å². The Morgan fingerprint density at radius 2 is 1.03 bits per heavy atom. The normalized spacial score (nSPS) is 42.9. The molecule has 0 radical (unpaired) electrons. The molecular weight excluding hydrogens is 1430 g/mol. The summed E-state index contributed by atoms with van der Waals surface area (Å²) in [6.45, 7) is 36.3. The Bertz CT molecular complexity index is 2750. The number of nitrogens with zero attached hydrogens (tertiary/aromatic N) is 4. The van der Waals surface area contributed by atoms with Crippen molar-refractivity contribution >= 4 is 23.6 Å². The number of likely N-dealkylation sites (N-methyl/N-ethyl adjacent to an activating group) is 4. The summed E-state index contributed by atoms with van der Waals surface area (Å²) < 4.78 is 50.7. The van der Waals surface area contributed by atoms with E-state index in [0.717, 1.165) is 19.3 Å². The number of aliphatic hydroxyl groups excluding tert-OH is 5. The van der Waals surface area contributed by atoms with Crippen LogP contribution in [0.3, 0.4) is 0 Å². The fraction of sp³-hybridized carbons (Fsp3) is 0.952. The van der Waals surface area contributed by atoms with Crippen molar-refractivity contribution in [3.63, 3.8) is 0 Å². The van der Waals surface area contributed by atoms with Gasteiger partial charge in [-0.15, -0.1) is 0 Å². The molecule has 0 aromatic heterocycles. The number of amides is 2. The predicted octanol–water partition coefficient (Wildman–Crippen LogP) is 8.21. The number of nitrogens with one attached hydrogen (secondary N) is 1. The first kappa shape index (κ1) is 101. The summed E-state index contributed by atoms with van der Waals surface area (Å²) in [4.78, 5) is 67.3. The van der Waals surface area contributed by atoms with Gasteiger partial charge in [-0.3, -0.25) is 24.0 Å². The van der Waals surface area contributed by atoms with Gasteiger partial charge in [0.05, 0.1) is 77.1 Å². The molecule has 0 spiro atoms. The highest BCUT2D eigenvalue weighted by Gasteiger charge is 2.55. The summed E-state index contributed by atoms with van der Waals surface area (Å²) in [5.41, 5.74) is -5.21. The summed E-state index contributed by atoms with van der Waals surface area (Å²) in [5.74, 6) is -5.68. The second kappa shape index (κ2) is 44.9. The minimum atomic E-state index is -1.83. The third-order valence-electron chi connectivity index (χ3n) is 25.8. The smallest absolute Gasteiger partial charge is 0.311 e. The first-order chi connectivity index (χ1) is 51.5. The van der Waals surface area contributed by atoms with Crippen molar-refractivity contribution < 1.29 is 108 Å². The average Bonchev–Trinajstić information content (AvgIpc) is 1.71. The van der Waals surface area contributed by atoms with Crippen LogP contribution < -0.4 is 5.48 Å². The number of carbonyl (C=O) groups excluding carboxylic acids is 4. The van der Waals surface area contributed by atoms with Crippen LogP contribution in [0.5, 0.6) is 0 Å². The van der Waals surface area contributed by atoms with Crippen LogP contribution in [0.15, 0.2) is 0 Å². The van der Waals surface area contributed by atoms with Crippen LogP contribution in [0.1, 0.15) is 267 Å². The molecule has 5 saturated heterocycles. The molecular formula is C84H159N5O22. The molecule has 5 aliphatic rings. The lowest BCUT2D eigenvalue weighted by Crippen LogP contribution is -2.61. The third-order valence-corrected chi connectivity index (χ3v) is 25.8. The molecule has 10 N–H and O–H groups in total. The zero-order valence-corrected chi connectivity index (χ0v) is 73.3. The van der Waals surface area contributed by atoms with Gasteiger partial charge in [0.2, 0.25) is 11.8 Å². The number of carbonyl (C=O) groups is 4. The van der Waals surface area contributed by atoms with Crippen LogP contribution in [-0.4, -0.2) is 295 Å². The van der Waals surface area contributed by atoms with Gasteiger partial charge in [-0.25, -0.2) is 5.48 Å². The van der Waals surface area contributed by atoms with Crippen LogP contribution in [-0.2, 0) is 61.9 Å². The van der Waals surface area contributed by atoms with Gasteiger partial charge < -0.3 is 103 Å². The Kier molecular flexibility index (Phi) is 40.7. The summed E-state index contributed by atoms with van der Waals surface area (Å²) in [6.07, 6.45) is -0.161. The SMILES string of the molecule is CCCCCCCCCCCCCC(=O)N(C)[C@H]1C[C@@H](C)O[C@@H](O[C@@H]2[C@@H](C)[C@H](O[C@H]3C[C@@](C)(OC)[C@@H](O)[C@H](C)O3)[C@@H](C)C(=O)O[C@H](CC)[C@@](C)(O)[C@H](O)[C@@H](C)N(C)C[C@H](C)C[C@@]2(C)O)[C@@H]1O.CC[C@H]1CC(=O)[C@H](C)[C@@H](ONC(C)=O)[C@H](C)[C@@H](O[C@@H]2OC(C)CC(N(C)C)C2O)[C@](C)(O)C[C@@H](C)CN(C)[C@H](C)[C@@H](O)[C@]1(C)O. The molecule has 2 amide bonds. The molecule has 0 bridgehead atoms. The third kappa shape index (κ3) is 27.7. The molecule has 5 fully saturated rings. The van der Waals surface area contributed by atoms with E-state index in [4.69, 9.17) is 42.7 Å². The van der Waals surface area contributed by atoms with E-state index in [1.165, 1.54) is 72.3 Å². The van der Waals surface area contributed by atoms with Crippen LogP contribution >= 0.6 is 0 Å². The molecule has 0 saturated carbocycles. The Morgan fingerprint density at radius 1 is 0.577 bits per heavy atom. The molecule has 32 atom stereocenters. The number of esters is 1. The second-order valence-corrected chi connectivity index (χ2v) is 36.3. The zero-order chi connectivity index (χ0) is 84.3. The monoisotopic (exact) mass is 1590 g/mol. The minimum Gasteiger partial charge on any atom is -0.459 e. The molecule has 5 rings (SSSR count). The van der Waals surface area contributed by atoms with Crippen molar-refractivity contribution in [2.75, 3.05) is 55.4 Å². The number of rotatable bonds is 25. The Hall–Kier alpha value is -2.72. The van der Waals surface area contributed by atoms with Gasteiger partial charge in [-0.1, -0.05) is 126 Å². The molecule has 5 heterocycles. The van der Waals surface area contributed by atoms with Gasteiger partial charge in [0, 0.05) is 89.3 Å². The lowest BCUT2D eigenvalue weighted by Gasteiger charge is -2.49. The molecule has 27 heteroatoms. The highest BCUT2D eigenvalue weighted by Crippen LogP contribution is 2.43. The van der Waals surface area contributed by atoms with E-state index in [9.17, 15) is 65.1 Å². The summed E-state index contributed by atoms with van der Waals surface area (Å²) >= 11 is 0. The fourth-order valence-corrected chi connectivity index (χ4v) is 18.4. The average molecular weight is 1590 g/mol. The number of unbranched alkanes of at least 4 members (excludes halogenated alkanes) is 10. The lowest BCUT2D eigenvalue weighted by atomic mass is 9.74. The molecule has 0 aromatic carbocycles. The Morgan fingerprint density at radius 3 is 1.48 bits per heavy atom. The highest BCUT2D eigenvalue weighted by molar-refractivity contribution is 5.82. The maximum Gasteiger partial charge on any atom is 0.311 e. The molecule has 27 nitrogen and oxygen atoms in total. The number of cyclic esters (lactones) is 1. The summed E-state index contributed by atoms with van der Waals surface area (Å²) in [7, 11) is 10.7. The van der Waals surface area contributed by atoms with Gasteiger partial charge >= 0.3 is 5.97 Å². The van der Waals surface area contributed by atoms with Crippen molar-refractivity contribution in [3.8, 4) is 0 Å². The van der Waals surface area contributed by atoms with E-state index in [-0.39, 0.29) is 67.8 Å². The van der Waals surface area contributed by atoms with E-state index in [1.807, 2.05) is 84.4 Å². The van der Waals surface area contributed by atoms with Crippen LogP contribution in [0.25, 0.3) is 0 Å². The number of aliphatic hydroxyl groups is 9. The Balaban J connectivity index is 0.000000503. The molecule has 652 valence electrons. The Labute approximate surface area is 667 Å². The van der Waals surface area contributed by atoms with Gasteiger partial charge in [-0.2, -0.15) is 0 Å². The molecule has 0 aliphatic carbocycles. The van der Waals surface area contributed by atoms with Gasteiger partial charge in [0.1, 0.15) is 48.0 Å². The number of ether oxygens (including phenoxy) is 8. The largest absolute Gasteiger partial charge is 0.459 e. The van der Waals surface area contributed by atoms with E-state index in [1.54, 1.807) is 88.1 Å². The number of ketones is 1. The van der Waals surface area contributed by atoms with Crippen molar-refractivity contribution in [3.05, 3.63) is 0 Å². The van der Waals surface area contributed by atoms with Crippen LogP contribution in [0, 0.1) is 41.4 Å². The summed E-state index contributed by atoms with van der Waals surface area (Å²) in [6, 6.07) is -1.89. The quantitative estimate of drug-likeness (QED) is 0.0234. The number of hydrogen-bond donors (Lipinski definition) is 10. The number of Topliss-reactive ketones (excluding diaryl/α,β-unsaturated/α-hetero) is 1. The maximum atomic E-state index is 14.4. The predicted molar refractivity (Wildman–Crippen MR) is 425 cm³/mol. The number of methoxy groups -OCH3 is 1. The van der Waals surface area contributed by atoms with E-state index >= 15 is 0 Å². The first-order valence-electron chi connectivity index (χ1n) is 42.3. The van der Waals surface area contributed by atoms with Crippen molar-refractivity contribution in [1.82, 2.24) is 25.1 Å². The van der Waals surface area contributed by atoms with Gasteiger partial charge in [0.25, 0.3) is 0 Å². The van der Waals surface area contributed by atoms with E-state index < -0.39 is 180 Å².